The molecule has 0 atom stereocenters. The fraction of sp³-hybridized carbons (Fsp3) is 0.0909. The number of aryl methyl sites for hydroxylation is 1. The van der Waals surface area contributed by atoms with Gasteiger partial charge in [0.05, 0.1) is 4.47 Å². The minimum absolute atomic E-state index is 0.0216. The number of halogens is 1. The van der Waals surface area contributed by atoms with Crippen LogP contribution in [-0.4, -0.2) is 21.0 Å². The van der Waals surface area contributed by atoms with E-state index in [1.54, 1.807) is 18.3 Å². The number of carbonyl (C=O) groups is 1. The second kappa shape index (κ2) is 4.58. The van der Waals surface area contributed by atoms with E-state index in [-0.39, 0.29) is 11.7 Å². The third-order valence-corrected chi connectivity index (χ3v) is 2.81. The Labute approximate surface area is 106 Å². The van der Waals surface area contributed by atoms with Crippen molar-refractivity contribution in [1.29, 1.82) is 0 Å². The third kappa shape index (κ3) is 2.65. The van der Waals surface area contributed by atoms with E-state index in [9.17, 15) is 9.90 Å². The number of aromatic amines is 1. The Hall–Kier alpha value is -1.82. The number of hydrogen-bond donors (Lipinski definition) is 3. The predicted octanol–water partition coefficient (Wildman–Crippen LogP) is 2.44. The number of nitrogens with zero attached hydrogens (tertiary/aromatic N) is 1. The van der Waals surface area contributed by atoms with E-state index in [4.69, 9.17) is 0 Å². The molecule has 17 heavy (non-hydrogen) atoms. The van der Waals surface area contributed by atoms with Crippen molar-refractivity contribution in [3.8, 4) is 5.75 Å². The highest BCUT2D eigenvalue weighted by Crippen LogP contribution is 2.24. The van der Waals surface area contributed by atoms with Gasteiger partial charge in [0.25, 0.3) is 5.91 Å². The molecule has 0 aliphatic rings. The lowest BCUT2D eigenvalue weighted by Crippen LogP contribution is -2.12. The number of imidazole rings is 1. The number of rotatable bonds is 2. The molecule has 0 radical (unpaired) electrons. The summed E-state index contributed by atoms with van der Waals surface area (Å²) in [5, 5.41) is 12.1. The zero-order valence-electron chi connectivity index (χ0n) is 8.99. The van der Waals surface area contributed by atoms with Crippen molar-refractivity contribution in [3.05, 3.63) is 40.1 Å². The summed E-state index contributed by atoms with van der Waals surface area (Å²) >= 11 is 3.15. The Balaban J connectivity index is 2.17. The van der Waals surface area contributed by atoms with E-state index in [0.717, 1.165) is 5.69 Å². The van der Waals surface area contributed by atoms with E-state index in [0.29, 0.717) is 16.0 Å². The first-order valence-corrected chi connectivity index (χ1v) is 5.67. The van der Waals surface area contributed by atoms with Crippen molar-refractivity contribution in [3.63, 3.8) is 0 Å². The second-order valence-corrected chi connectivity index (χ2v) is 4.39. The van der Waals surface area contributed by atoms with Crippen molar-refractivity contribution in [2.75, 3.05) is 5.32 Å². The molecule has 0 aliphatic heterocycles. The molecule has 0 saturated carbocycles. The van der Waals surface area contributed by atoms with E-state index in [1.807, 2.05) is 6.92 Å². The van der Waals surface area contributed by atoms with Crippen LogP contribution >= 0.6 is 15.9 Å². The van der Waals surface area contributed by atoms with Crippen LogP contribution < -0.4 is 5.32 Å². The van der Waals surface area contributed by atoms with Gasteiger partial charge in [0.2, 0.25) is 5.95 Å². The number of benzene rings is 1. The lowest BCUT2D eigenvalue weighted by Gasteiger charge is -2.03. The lowest BCUT2D eigenvalue weighted by molar-refractivity contribution is 0.102. The molecule has 0 aliphatic carbocycles. The van der Waals surface area contributed by atoms with Crippen LogP contribution in [0.25, 0.3) is 0 Å². The number of hydrogen-bond acceptors (Lipinski definition) is 3. The molecule has 1 amide bonds. The molecule has 0 fully saturated rings. The van der Waals surface area contributed by atoms with E-state index in [2.05, 4.69) is 31.2 Å². The van der Waals surface area contributed by atoms with Gasteiger partial charge in [-0.15, -0.1) is 0 Å². The van der Waals surface area contributed by atoms with Gasteiger partial charge in [0, 0.05) is 17.5 Å². The van der Waals surface area contributed by atoms with Gasteiger partial charge in [-0.1, -0.05) is 0 Å². The normalized spacial score (nSPS) is 10.2. The molecule has 0 spiro atoms. The molecular weight excluding hydrogens is 286 g/mol. The smallest absolute Gasteiger partial charge is 0.258 e. The zero-order chi connectivity index (χ0) is 12.4. The van der Waals surface area contributed by atoms with Crippen LogP contribution in [0.2, 0.25) is 0 Å². The van der Waals surface area contributed by atoms with E-state index < -0.39 is 0 Å². The molecule has 6 heteroatoms. The largest absolute Gasteiger partial charge is 0.507 e. The lowest BCUT2D eigenvalue weighted by atomic mass is 10.2. The van der Waals surface area contributed by atoms with Crippen molar-refractivity contribution in [2.24, 2.45) is 0 Å². The third-order valence-electron chi connectivity index (χ3n) is 2.14. The molecule has 0 unspecified atom stereocenters. The Morgan fingerprint density at radius 1 is 1.53 bits per heavy atom. The van der Waals surface area contributed by atoms with Crippen LogP contribution in [-0.2, 0) is 0 Å². The fourth-order valence-electron chi connectivity index (χ4n) is 1.31. The van der Waals surface area contributed by atoms with Gasteiger partial charge < -0.3 is 10.1 Å². The van der Waals surface area contributed by atoms with E-state index in [1.165, 1.54) is 6.07 Å². The summed E-state index contributed by atoms with van der Waals surface area (Å²) in [5.74, 6) is 0.0744. The number of phenolic OH excluding ortho intramolecular Hbond substituents is 1. The minimum atomic E-state index is -0.331. The molecule has 1 heterocycles. The predicted molar refractivity (Wildman–Crippen MR) is 67.1 cm³/mol. The summed E-state index contributed by atoms with van der Waals surface area (Å²) in [6, 6.07) is 4.60. The topological polar surface area (TPSA) is 78.0 Å². The highest BCUT2D eigenvalue weighted by Gasteiger charge is 2.09. The Morgan fingerprint density at radius 2 is 2.29 bits per heavy atom. The first kappa shape index (κ1) is 11.7. The van der Waals surface area contributed by atoms with E-state index >= 15 is 0 Å². The molecule has 2 aromatic rings. The summed E-state index contributed by atoms with van der Waals surface area (Å²) < 4.78 is 0.544. The molecule has 2 rings (SSSR count). The average Bonchev–Trinajstić information content (AvgIpc) is 2.68. The van der Waals surface area contributed by atoms with Crippen LogP contribution in [0.5, 0.6) is 5.75 Å². The maximum atomic E-state index is 11.8. The number of aromatic nitrogens is 2. The molecule has 1 aromatic carbocycles. The molecule has 5 nitrogen and oxygen atoms in total. The summed E-state index contributed by atoms with van der Waals surface area (Å²) in [5.41, 5.74) is 1.22. The van der Waals surface area contributed by atoms with Gasteiger partial charge >= 0.3 is 0 Å². The minimum Gasteiger partial charge on any atom is -0.507 e. The van der Waals surface area contributed by atoms with Crippen molar-refractivity contribution in [2.45, 2.75) is 6.92 Å². The standard InChI is InChI=1S/C11H10BrN3O2/c1-6-5-13-11(14-6)15-10(17)7-2-3-8(12)9(16)4-7/h2-5,16H,1H3,(H2,13,14,15,17). The Kier molecular flexibility index (Phi) is 3.14. The van der Waals surface area contributed by atoms with Gasteiger partial charge in [-0.3, -0.25) is 10.1 Å². The van der Waals surface area contributed by atoms with Crippen molar-refractivity contribution < 1.29 is 9.90 Å². The molecule has 3 N–H and O–H groups in total. The van der Waals surface area contributed by atoms with Gasteiger partial charge in [-0.05, 0) is 41.1 Å². The van der Waals surface area contributed by atoms with Gasteiger partial charge in [-0.2, -0.15) is 0 Å². The summed E-state index contributed by atoms with van der Waals surface area (Å²) in [4.78, 5) is 18.6. The fourth-order valence-corrected chi connectivity index (χ4v) is 1.56. The van der Waals surface area contributed by atoms with Crippen LogP contribution in [0.1, 0.15) is 16.1 Å². The summed E-state index contributed by atoms with van der Waals surface area (Å²) in [6.45, 7) is 1.84. The first-order chi connectivity index (χ1) is 8.06. The number of anilines is 1. The highest BCUT2D eigenvalue weighted by molar-refractivity contribution is 9.10. The molecular formula is C11H10BrN3O2. The monoisotopic (exact) mass is 295 g/mol. The Bertz CT molecular complexity index is 566. The highest BCUT2D eigenvalue weighted by atomic mass is 79.9. The maximum absolute atomic E-state index is 11.8. The molecule has 0 bridgehead atoms. The number of phenols is 1. The quantitative estimate of drug-likeness (QED) is 0.796. The van der Waals surface area contributed by atoms with Gasteiger partial charge in [-0.25, -0.2) is 4.98 Å². The number of aromatic hydroxyl groups is 1. The molecule has 88 valence electrons. The van der Waals surface area contributed by atoms with Crippen LogP contribution in [0, 0.1) is 6.92 Å². The maximum Gasteiger partial charge on any atom is 0.258 e. The molecule has 1 aromatic heterocycles. The van der Waals surface area contributed by atoms with Gasteiger partial charge in [0.1, 0.15) is 5.75 Å². The SMILES string of the molecule is Cc1cnc(NC(=O)c2ccc(Br)c(O)c2)[nH]1. The van der Waals surface area contributed by atoms with Crippen LogP contribution in [0.15, 0.2) is 28.9 Å². The number of amides is 1. The summed E-state index contributed by atoms with van der Waals surface area (Å²) in [7, 11) is 0. The number of H-pyrrole nitrogens is 1. The van der Waals surface area contributed by atoms with Crippen LogP contribution in [0.4, 0.5) is 5.95 Å². The van der Waals surface area contributed by atoms with Crippen molar-refractivity contribution >= 4 is 27.8 Å². The first-order valence-electron chi connectivity index (χ1n) is 4.88. The summed E-state index contributed by atoms with van der Waals surface area (Å²) in [6.07, 6.45) is 1.62. The zero-order valence-corrected chi connectivity index (χ0v) is 10.6. The Morgan fingerprint density at radius 3 is 2.88 bits per heavy atom. The second-order valence-electron chi connectivity index (χ2n) is 3.54. The number of carbonyl (C=O) groups excluding carboxylic acids is 1. The molecule has 0 saturated heterocycles. The number of nitrogens with one attached hydrogen (secondary N) is 2. The van der Waals surface area contributed by atoms with Crippen molar-refractivity contribution in [1.82, 2.24) is 9.97 Å². The van der Waals surface area contributed by atoms with Gasteiger partial charge in [0.15, 0.2) is 0 Å². The van der Waals surface area contributed by atoms with Crippen LogP contribution in [0.3, 0.4) is 0 Å². The average molecular weight is 296 g/mol.